The van der Waals surface area contributed by atoms with Gasteiger partial charge in [-0.15, -0.1) is 0 Å². The number of allylic oxidation sites excluding steroid dienone is 1. The second-order valence-corrected chi connectivity index (χ2v) is 6.94. The molecule has 2 aromatic rings. The maximum Gasteiger partial charge on any atom is 0.246 e. The summed E-state index contributed by atoms with van der Waals surface area (Å²) in [6.45, 7) is 5.94. The summed E-state index contributed by atoms with van der Waals surface area (Å²) in [5.41, 5.74) is 3.05. The lowest BCUT2D eigenvalue weighted by Crippen LogP contribution is -2.47. The lowest BCUT2D eigenvalue weighted by Gasteiger charge is -2.34. The molecule has 0 bridgehead atoms. The number of piperazine rings is 1. The standard InChI is InChI=1S/C23H28N2O3/c1-18(20-9-5-7-11-22(20)28-3)16-23(26)25-14-12-24(13-15-25)17-19-8-4-6-10-21(19)27-2/h4-11,16H,12-15,17H2,1-3H3. The van der Waals surface area contributed by atoms with Crippen LogP contribution in [0.1, 0.15) is 18.1 Å². The number of carbonyl (C=O) groups excluding carboxylic acids is 1. The first-order valence-corrected chi connectivity index (χ1v) is 9.57. The summed E-state index contributed by atoms with van der Waals surface area (Å²) in [4.78, 5) is 17.0. The van der Waals surface area contributed by atoms with Crippen molar-refractivity contribution in [1.29, 1.82) is 0 Å². The molecule has 1 amide bonds. The van der Waals surface area contributed by atoms with E-state index in [0.717, 1.165) is 55.4 Å². The Labute approximate surface area is 167 Å². The number of methoxy groups -OCH3 is 2. The summed E-state index contributed by atoms with van der Waals surface area (Å²) < 4.78 is 10.8. The number of carbonyl (C=O) groups is 1. The third-order valence-electron chi connectivity index (χ3n) is 5.14. The molecule has 0 aromatic heterocycles. The summed E-state index contributed by atoms with van der Waals surface area (Å²) in [5.74, 6) is 1.75. The fraction of sp³-hybridized carbons (Fsp3) is 0.348. The SMILES string of the molecule is COc1ccccc1CN1CCN(C(=O)C=C(C)c2ccccc2OC)CC1. The van der Waals surface area contributed by atoms with Gasteiger partial charge in [0.1, 0.15) is 11.5 Å². The molecule has 0 atom stereocenters. The molecule has 5 nitrogen and oxygen atoms in total. The molecule has 0 N–H and O–H groups in total. The number of rotatable bonds is 6. The van der Waals surface area contributed by atoms with Gasteiger partial charge in [0.2, 0.25) is 5.91 Å². The smallest absolute Gasteiger partial charge is 0.246 e. The van der Waals surface area contributed by atoms with Crippen molar-refractivity contribution in [3.8, 4) is 11.5 Å². The van der Waals surface area contributed by atoms with Gasteiger partial charge < -0.3 is 14.4 Å². The van der Waals surface area contributed by atoms with E-state index in [0.29, 0.717) is 0 Å². The zero-order chi connectivity index (χ0) is 19.9. The minimum Gasteiger partial charge on any atom is -0.496 e. The highest BCUT2D eigenvalue weighted by Gasteiger charge is 2.21. The van der Waals surface area contributed by atoms with Crippen LogP contribution in [-0.2, 0) is 11.3 Å². The van der Waals surface area contributed by atoms with Crippen molar-refractivity contribution in [3.05, 3.63) is 65.7 Å². The minimum atomic E-state index is 0.0559. The van der Waals surface area contributed by atoms with Crippen LogP contribution in [0.3, 0.4) is 0 Å². The molecule has 2 aromatic carbocycles. The van der Waals surface area contributed by atoms with Crippen LogP contribution in [0.2, 0.25) is 0 Å². The van der Waals surface area contributed by atoms with Gasteiger partial charge in [-0.1, -0.05) is 36.4 Å². The lowest BCUT2D eigenvalue weighted by atomic mass is 10.1. The van der Waals surface area contributed by atoms with Gasteiger partial charge in [0.25, 0.3) is 0 Å². The Balaban J connectivity index is 1.59. The van der Waals surface area contributed by atoms with E-state index in [2.05, 4.69) is 11.0 Å². The van der Waals surface area contributed by atoms with Crippen LogP contribution in [0.5, 0.6) is 11.5 Å². The van der Waals surface area contributed by atoms with Crippen molar-refractivity contribution in [2.75, 3.05) is 40.4 Å². The van der Waals surface area contributed by atoms with Gasteiger partial charge in [0.15, 0.2) is 0 Å². The third-order valence-corrected chi connectivity index (χ3v) is 5.14. The van der Waals surface area contributed by atoms with Gasteiger partial charge in [-0.3, -0.25) is 9.69 Å². The molecule has 0 radical (unpaired) electrons. The summed E-state index contributed by atoms with van der Waals surface area (Å²) >= 11 is 0. The van der Waals surface area contributed by atoms with Crippen LogP contribution in [0.15, 0.2) is 54.6 Å². The van der Waals surface area contributed by atoms with Crippen molar-refractivity contribution in [2.24, 2.45) is 0 Å². The van der Waals surface area contributed by atoms with Crippen LogP contribution in [-0.4, -0.2) is 56.1 Å². The van der Waals surface area contributed by atoms with Crippen LogP contribution in [0, 0.1) is 0 Å². The van der Waals surface area contributed by atoms with E-state index in [1.54, 1.807) is 20.3 Å². The molecule has 5 heteroatoms. The molecule has 1 saturated heterocycles. The minimum absolute atomic E-state index is 0.0559. The van der Waals surface area contributed by atoms with E-state index in [9.17, 15) is 4.79 Å². The fourth-order valence-electron chi connectivity index (χ4n) is 3.53. The number of ether oxygens (including phenoxy) is 2. The Hall–Kier alpha value is -2.79. The molecular weight excluding hydrogens is 352 g/mol. The third kappa shape index (κ3) is 4.73. The maximum absolute atomic E-state index is 12.7. The molecular formula is C23H28N2O3. The van der Waals surface area contributed by atoms with E-state index in [1.165, 1.54) is 5.56 Å². The van der Waals surface area contributed by atoms with E-state index in [-0.39, 0.29) is 5.91 Å². The van der Waals surface area contributed by atoms with E-state index in [1.807, 2.05) is 54.3 Å². The molecule has 1 aliphatic heterocycles. The highest BCUT2D eigenvalue weighted by atomic mass is 16.5. The number of amides is 1. The van der Waals surface area contributed by atoms with Crippen molar-refractivity contribution < 1.29 is 14.3 Å². The summed E-state index contributed by atoms with van der Waals surface area (Å²) in [6, 6.07) is 15.9. The molecule has 0 aliphatic carbocycles. The molecule has 1 aliphatic rings. The van der Waals surface area contributed by atoms with Crippen molar-refractivity contribution >= 4 is 11.5 Å². The normalized spacial score (nSPS) is 15.4. The first-order valence-electron chi connectivity index (χ1n) is 9.57. The molecule has 0 saturated carbocycles. The molecule has 1 heterocycles. The predicted molar refractivity (Wildman–Crippen MR) is 111 cm³/mol. The number of nitrogens with zero attached hydrogens (tertiary/aromatic N) is 2. The lowest BCUT2D eigenvalue weighted by molar-refractivity contribution is -0.127. The maximum atomic E-state index is 12.7. The van der Waals surface area contributed by atoms with Gasteiger partial charge in [-0.2, -0.15) is 0 Å². The Morgan fingerprint density at radius 3 is 2.21 bits per heavy atom. The molecule has 0 unspecified atom stereocenters. The first-order chi connectivity index (χ1) is 13.6. The van der Waals surface area contributed by atoms with Gasteiger partial charge in [0, 0.05) is 49.9 Å². The summed E-state index contributed by atoms with van der Waals surface area (Å²) in [7, 11) is 3.35. The zero-order valence-corrected chi connectivity index (χ0v) is 16.9. The Bertz CT molecular complexity index is 839. The van der Waals surface area contributed by atoms with Crippen molar-refractivity contribution in [1.82, 2.24) is 9.80 Å². The Kier molecular flexibility index (Phi) is 6.71. The van der Waals surface area contributed by atoms with Crippen molar-refractivity contribution in [2.45, 2.75) is 13.5 Å². The molecule has 28 heavy (non-hydrogen) atoms. The number of hydrogen-bond donors (Lipinski definition) is 0. The fourth-order valence-corrected chi connectivity index (χ4v) is 3.53. The first kappa shape index (κ1) is 20.0. The highest BCUT2D eigenvalue weighted by Crippen LogP contribution is 2.25. The monoisotopic (exact) mass is 380 g/mol. The second kappa shape index (κ2) is 9.42. The average Bonchev–Trinajstić information content (AvgIpc) is 2.74. The van der Waals surface area contributed by atoms with Crippen LogP contribution in [0.4, 0.5) is 0 Å². The van der Waals surface area contributed by atoms with Gasteiger partial charge in [-0.05, 0) is 24.6 Å². The van der Waals surface area contributed by atoms with Gasteiger partial charge >= 0.3 is 0 Å². The van der Waals surface area contributed by atoms with Crippen LogP contribution < -0.4 is 9.47 Å². The Morgan fingerprint density at radius 2 is 1.54 bits per heavy atom. The van der Waals surface area contributed by atoms with Crippen molar-refractivity contribution in [3.63, 3.8) is 0 Å². The predicted octanol–water partition coefficient (Wildman–Crippen LogP) is 3.45. The molecule has 1 fully saturated rings. The molecule has 3 rings (SSSR count). The second-order valence-electron chi connectivity index (χ2n) is 6.94. The largest absolute Gasteiger partial charge is 0.496 e. The quantitative estimate of drug-likeness (QED) is 0.720. The van der Waals surface area contributed by atoms with Gasteiger partial charge in [-0.25, -0.2) is 0 Å². The Morgan fingerprint density at radius 1 is 0.929 bits per heavy atom. The van der Waals surface area contributed by atoms with Gasteiger partial charge in [0.05, 0.1) is 14.2 Å². The average molecular weight is 380 g/mol. The van der Waals surface area contributed by atoms with E-state index < -0.39 is 0 Å². The molecule has 148 valence electrons. The van der Waals surface area contributed by atoms with E-state index in [4.69, 9.17) is 9.47 Å². The van der Waals surface area contributed by atoms with Crippen LogP contribution >= 0.6 is 0 Å². The highest BCUT2D eigenvalue weighted by molar-refractivity contribution is 5.95. The van der Waals surface area contributed by atoms with E-state index >= 15 is 0 Å². The zero-order valence-electron chi connectivity index (χ0n) is 16.9. The number of benzene rings is 2. The van der Waals surface area contributed by atoms with Crippen LogP contribution in [0.25, 0.3) is 5.57 Å². The topological polar surface area (TPSA) is 42.0 Å². The number of hydrogen-bond acceptors (Lipinski definition) is 4. The number of para-hydroxylation sites is 2. The molecule has 0 spiro atoms. The summed E-state index contributed by atoms with van der Waals surface area (Å²) in [5, 5.41) is 0. The summed E-state index contributed by atoms with van der Waals surface area (Å²) in [6.07, 6.45) is 1.72.